The normalized spacial score (nSPS) is 10.7. The van der Waals surface area contributed by atoms with Gasteiger partial charge in [0, 0.05) is 6.61 Å². The van der Waals surface area contributed by atoms with E-state index in [-0.39, 0.29) is 12.6 Å². The summed E-state index contributed by atoms with van der Waals surface area (Å²) < 4.78 is 4.54. The highest BCUT2D eigenvalue weighted by Gasteiger charge is 2.08. The van der Waals surface area contributed by atoms with Gasteiger partial charge >= 0.3 is 5.97 Å². The topological polar surface area (TPSA) is 59.4 Å². The van der Waals surface area contributed by atoms with Crippen molar-refractivity contribution in [2.45, 2.75) is 6.42 Å². The van der Waals surface area contributed by atoms with Crippen LogP contribution in [0.15, 0.2) is 12.3 Å². The molecule has 0 aliphatic carbocycles. The number of thiazole rings is 1. The number of methoxy groups -OCH3 is 1. The Morgan fingerprint density at radius 1 is 1.79 bits per heavy atom. The highest BCUT2D eigenvalue weighted by molar-refractivity contribution is 7.14. The zero-order chi connectivity index (χ0) is 10.4. The molecule has 0 spiro atoms. The van der Waals surface area contributed by atoms with Crippen LogP contribution >= 0.6 is 11.3 Å². The third kappa shape index (κ3) is 2.93. The third-order valence-electron chi connectivity index (χ3n) is 1.47. The quantitative estimate of drug-likeness (QED) is 0.766. The number of aliphatic hydroxyl groups excluding tert-OH is 1. The van der Waals surface area contributed by atoms with Crippen LogP contribution in [0.2, 0.25) is 0 Å². The van der Waals surface area contributed by atoms with E-state index >= 15 is 0 Å². The van der Waals surface area contributed by atoms with Crippen LogP contribution in [-0.2, 0) is 4.74 Å². The van der Waals surface area contributed by atoms with Gasteiger partial charge in [-0.3, -0.25) is 0 Å². The Hall–Kier alpha value is -1.20. The van der Waals surface area contributed by atoms with Crippen LogP contribution in [0.25, 0.3) is 6.08 Å². The van der Waals surface area contributed by atoms with Crippen LogP contribution in [-0.4, -0.2) is 29.8 Å². The average molecular weight is 213 g/mol. The van der Waals surface area contributed by atoms with Crippen molar-refractivity contribution in [1.29, 1.82) is 0 Å². The van der Waals surface area contributed by atoms with Crippen LogP contribution < -0.4 is 0 Å². The fourth-order valence-electron chi connectivity index (χ4n) is 0.818. The Kier molecular flexibility index (Phi) is 4.28. The smallest absolute Gasteiger partial charge is 0.349 e. The molecule has 1 aromatic rings. The first-order chi connectivity index (χ1) is 6.77. The number of ether oxygens (including phenoxy) is 1. The summed E-state index contributed by atoms with van der Waals surface area (Å²) in [6.07, 6.45) is 5.65. The van der Waals surface area contributed by atoms with Gasteiger partial charge in [0.25, 0.3) is 0 Å². The van der Waals surface area contributed by atoms with Gasteiger partial charge in [-0.2, -0.15) is 0 Å². The number of hydrogen-bond acceptors (Lipinski definition) is 5. The van der Waals surface area contributed by atoms with Gasteiger partial charge in [0.15, 0.2) is 0 Å². The number of carbonyl (C=O) groups excluding carboxylic acids is 1. The number of rotatable bonds is 4. The van der Waals surface area contributed by atoms with Gasteiger partial charge in [0.05, 0.1) is 13.3 Å². The monoisotopic (exact) mass is 213 g/mol. The van der Waals surface area contributed by atoms with Crippen LogP contribution in [0.1, 0.15) is 21.1 Å². The lowest BCUT2D eigenvalue weighted by molar-refractivity contribution is 0.0606. The number of hydrogen-bond donors (Lipinski definition) is 1. The van der Waals surface area contributed by atoms with Gasteiger partial charge in [0.1, 0.15) is 9.88 Å². The lowest BCUT2D eigenvalue weighted by Crippen LogP contribution is -1.96. The molecule has 0 aliphatic rings. The fraction of sp³-hybridized carbons (Fsp3) is 0.333. The average Bonchev–Trinajstić information content (AvgIpc) is 2.66. The highest BCUT2D eigenvalue weighted by atomic mass is 32.1. The third-order valence-corrected chi connectivity index (χ3v) is 2.41. The summed E-state index contributed by atoms with van der Waals surface area (Å²) in [6, 6.07) is 0. The van der Waals surface area contributed by atoms with Crippen molar-refractivity contribution in [1.82, 2.24) is 4.98 Å². The van der Waals surface area contributed by atoms with Crippen LogP contribution in [0.5, 0.6) is 0 Å². The maximum atomic E-state index is 11.0. The molecule has 14 heavy (non-hydrogen) atoms. The second-order valence-corrected chi connectivity index (χ2v) is 3.53. The Morgan fingerprint density at radius 3 is 3.21 bits per heavy atom. The van der Waals surface area contributed by atoms with Crippen molar-refractivity contribution < 1.29 is 14.6 Å². The van der Waals surface area contributed by atoms with Gasteiger partial charge < -0.3 is 9.84 Å². The van der Waals surface area contributed by atoms with E-state index in [2.05, 4.69) is 9.72 Å². The molecule has 1 heterocycles. The van der Waals surface area contributed by atoms with E-state index in [1.54, 1.807) is 12.2 Å². The molecule has 1 rings (SSSR count). The highest BCUT2D eigenvalue weighted by Crippen LogP contribution is 2.15. The van der Waals surface area contributed by atoms with Gasteiger partial charge in [0.2, 0.25) is 0 Å². The molecular formula is C9H11NO3S. The van der Waals surface area contributed by atoms with Crippen molar-refractivity contribution in [3.8, 4) is 0 Å². The minimum atomic E-state index is -0.371. The Balaban J connectivity index is 2.63. The molecule has 1 N–H and O–H groups in total. The fourth-order valence-corrected chi connectivity index (χ4v) is 1.59. The molecule has 0 amide bonds. The minimum Gasteiger partial charge on any atom is -0.465 e. The minimum absolute atomic E-state index is 0.117. The molecule has 5 heteroatoms. The standard InChI is InChI=1S/C9H11NO3S/c1-13-9(12)7-6-10-8(14-7)4-2-3-5-11/h2,4,6,11H,3,5H2,1H3. The van der Waals surface area contributed by atoms with Gasteiger partial charge in [-0.25, -0.2) is 9.78 Å². The summed E-state index contributed by atoms with van der Waals surface area (Å²) in [6.45, 7) is 0.117. The summed E-state index contributed by atoms with van der Waals surface area (Å²) in [5.74, 6) is -0.371. The van der Waals surface area contributed by atoms with Gasteiger partial charge in [-0.1, -0.05) is 6.08 Å². The summed E-state index contributed by atoms with van der Waals surface area (Å²) in [7, 11) is 1.34. The number of esters is 1. The molecule has 0 saturated heterocycles. The van der Waals surface area contributed by atoms with E-state index < -0.39 is 0 Å². The molecule has 0 saturated carbocycles. The molecule has 76 valence electrons. The molecule has 0 radical (unpaired) electrons. The number of nitrogens with zero attached hydrogens (tertiary/aromatic N) is 1. The van der Waals surface area contributed by atoms with Crippen molar-refractivity contribution in [3.05, 3.63) is 22.2 Å². The zero-order valence-corrected chi connectivity index (χ0v) is 8.58. The summed E-state index contributed by atoms with van der Waals surface area (Å²) >= 11 is 1.26. The molecular weight excluding hydrogens is 202 g/mol. The summed E-state index contributed by atoms with van der Waals surface area (Å²) in [5.41, 5.74) is 0. The van der Waals surface area contributed by atoms with Crippen molar-refractivity contribution >= 4 is 23.4 Å². The SMILES string of the molecule is COC(=O)c1cnc(C=CCCO)s1. The second-order valence-electron chi connectivity index (χ2n) is 2.47. The number of aliphatic hydroxyl groups is 1. The van der Waals surface area contributed by atoms with E-state index in [1.807, 2.05) is 0 Å². The lowest BCUT2D eigenvalue weighted by atomic mass is 10.4. The van der Waals surface area contributed by atoms with E-state index in [1.165, 1.54) is 24.6 Å². The van der Waals surface area contributed by atoms with Crippen LogP contribution in [0.3, 0.4) is 0 Å². The first kappa shape index (κ1) is 10.9. The predicted molar refractivity (Wildman–Crippen MR) is 54.2 cm³/mol. The molecule has 0 fully saturated rings. The first-order valence-electron chi connectivity index (χ1n) is 4.09. The lowest BCUT2D eigenvalue weighted by Gasteiger charge is -1.90. The largest absolute Gasteiger partial charge is 0.465 e. The molecule has 4 nitrogen and oxygen atoms in total. The maximum absolute atomic E-state index is 11.0. The van der Waals surface area contributed by atoms with E-state index in [9.17, 15) is 4.79 Å². The Bertz CT molecular complexity index is 333. The van der Waals surface area contributed by atoms with Gasteiger partial charge in [-0.05, 0) is 12.5 Å². The molecule has 0 aliphatic heterocycles. The first-order valence-corrected chi connectivity index (χ1v) is 4.91. The number of aromatic nitrogens is 1. The summed E-state index contributed by atoms with van der Waals surface area (Å²) in [5, 5.41) is 9.27. The molecule has 1 aromatic heterocycles. The molecule has 0 aromatic carbocycles. The van der Waals surface area contributed by atoms with E-state index in [4.69, 9.17) is 5.11 Å². The van der Waals surface area contributed by atoms with E-state index in [0.29, 0.717) is 11.3 Å². The Morgan fingerprint density at radius 2 is 2.57 bits per heavy atom. The van der Waals surface area contributed by atoms with Gasteiger partial charge in [-0.15, -0.1) is 11.3 Å². The maximum Gasteiger partial charge on any atom is 0.349 e. The number of carbonyl (C=O) groups is 1. The van der Waals surface area contributed by atoms with Crippen LogP contribution in [0, 0.1) is 0 Å². The van der Waals surface area contributed by atoms with Crippen LogP contribution in [0.4, 0.5) is 0 Å². The van der Waals surface area contributed by atoms with Crippen molar-refractivity contribution in [2.75, 3.05) is 13.7 Å². The molecule has 0 atom stereocenters. The zero-order valence-electron chi connectivity index (χ0n) is 7.77. The summed E-state index contributed by atoms with van der Waals surface area (Å²) in [4.78, 5) is 15.5. The molecule has 0 unspecified atom stereocenters. The van der Waals surface area contributed by atoms with Crippen molar-refractivity contribution in [3.63, 3.8) is 0 Å². The van der Waals surface area contributed by atoms with E-state index in [0.717, 1.165) is 5.01 Å². The predicted octanol–water partition coefficient (Wildman–Crippen LogP) is 1.33. The second kappa shape index (κ2) is 5.51. The molecule has 0 bridgehead atoms. The van der Waals surface area contributed by atoms with Crippen molar-refractivity contribution in [2.24, 2.45) is 0 Å². The Labute approximate surface area is 85.9 Å².